The van der Waals surface area contributed by atoms with Gasteiger partial charge in [-0.2, -0.15) is 5.10 Å². The van der Waals surface area contributed by atoms with E-state index in [4.69, 9.17) is 4.74 Å². The first-order chi connectivity index (χ1) is 14.3. The van der Waals surface area contributed by atoms with E-state index in [0.29, 0.717) is 5.75 Å². The maximum atomic E-state index is 12.2. The van der Waals surface area contributed by atoms with E-state index in [0.717, 1.165) is 29.8 Å². The third-order valence-corrected chi connectivity index (χ3v) is 5.29. The minimum atomic E-state index is -0.478. The second-order valence-corrected chi connectivity index (χ2v) is 7.96. The van der Waals surface area contributed by atoms with Crippen LogP contribution < -0.4 is 15.1 Å². The molecule has 0 aromatic heterocycles. The molecule has 0 saturated carbocycles. The van der Waals surface area contributed by atoms with Crippen molar-refractivity contribution in [3.8, 4) is 11.5 Å². The van der Waals surface area contributed by atoms with E-state index in [1.807, 2.05) is 12.1 Å². The van der Waals surface area contributed by atoms with Crippen molar-refractivity contribution < 1.29 is 14.6 Å². The van der Waals surface area contributed by atoms with E-state index < -0.39 is 5.91 Å². The SMILES string of the molecule is CCCN1c2cc(OC)c(/C=N/NC(=O)c3ccccc3O)cc2C(C)=CC1(C)C. The molecule has 1 amide bonds. The summed E-state index contributed by atoms with van der Waals surface area (Å²) in [6.45, 7) is 9.65. The van der Waals surface area contributed by atoms with Gasteiger partial charge in [-0.05, 0) is 51.0 Å². The molecular formula is C24H29N3O3. The number of benzene rings is 2. The Labute approximate surface area is 177 Å². The molecule has 0 saturated heterocycles. The summed E-state index contributed by atoms with van der Waals surface area (Å²) in [7, 11) is 1.63. The zero-order valence-electron chi connectivity index (χ0n) is 18.2. The lowest BCUT2D eigenvalue weighted by molar-refractivity contribution is 0.0952. The largest absolute Gasteiger partial charge is 0.507 e. The maximum Gasteiger partial charge on any atom is 0.275 e. The average Bonchev–Trinajstić information content (AvgIpc) is 2.70. The van der Waals surface area contributed by atoms with Crippen LogP contribution in [0.3, 0.4) is 0 Å². The maximum absolute atomic E-state index is 12.2. The zero-order valence-corrected chi connectivity index (χ0v) is 18.2. The molecule has 0 unspecified atom stereocenters. The number of nitrogens with zero attached hydrogens (tertiary/aromatic N) is 2. The molecule has 1 aliphatic heterocycles. The Balaban J connectivity index is 1.92. The van der Waals surface area contributed by atoms with Gasteiger partial charge in [-0.3, -0.25) is 4.79 Å². The Morgan fingerprint density at radius 3 is 2.70 bits per heavy atom. The van der Waals surface area contributed by atoms with Crippen LogP contribution in [-0.2, 0) is 0 Å². The van der Waals surface area contributed by atoms with E-state index in [9.17, 15) is 9.90 Å². The minimum absolute atomic E-state index is 0.0840. The van der Waals surface area contributed by atoms with Crippen LogP contribution in [0.15, 0.2) is 47.6 Å². The highest BCUT2D eigenvalue weighted by Crippen LogP contribution is 2.41. The van der Waals surface area contributed by atoms with Gasteiger partial charge in [-0.25, -0.2) is 5.43 Å². The third kappa shape index (κ3) is 4.17. The van der Waals surface area contributed by atoms with E-state index in [1.165, 1.54) is 17.7 Å². The molecule has 1 heterocycles. The van der Waals surface area contributed by atoms with Gasteiger partial charge in [0.25, 0.3) is 5.91 Å². The summed E-state index contributed by atoms with van der Waals surface area (Å²) in [5, 5.41) is 13.9. The first-order valence-electron chi connectivity index (χ1n) is 10.1. The monoisotopic (exact) mass is 407 g/mol. The average molecular weight is 408 g/mol. The Kier molecular flexibility index (Phi) is 6.15. The van der Waals surface area contributed by atoms with Gasteiger partial charge >= 0.3 is 0 Å². The highest BCUT2D eigenvalue weighted by atomic mass is 16.5. The van der Waals surface area contributed by atoms with Gasteiger partial charge in [-0.15, -0.1) is 0 Å². The fraction of sp³-hybridized carbons (Fsp3) is 0.333. The van der Waals surface area contributed by atoms with Crippen LogP contribution in [0.1, 0.15) is 55.6 Å². The summed E-state index contributed by atoms with van der Waals surface area (Å²) < 4.78 is 5.61. The van der Waals surface area contributed by atoms with Gasteiger partial charge in [0, 0.05) is 29.4 Å². The number of carbonyl (C=O) groups excluding carboxylic acids is 1. The first-order valence-corrected chi connectivity index (χ1v) is 10.1. The van der Waals surface area contributed by atoms with Crippen molar-refractivity contribution in [2.45, 2.75) is 39.7 Å². The lowest BCUT2D eigenvalue weighted by Crippen LogP contribution is -2.45. The molecule has 158 valence electrons. The number of para-hydroxylation sites is 1. The molecule has 1 aliphatic rings. The number of fused-ring (bicyclic) bond motifs is 1. The van der Waals surface area contributed by atoms with Gasteiger partial charge in [-0.1, -0.05) is 25.1 Å². The van der Waals surface area contributed by atoms with Crippen molar-refractivity contribution in [2.75, 3.05) is 18.6 Å². The summed E-state index contributed by atoms with van der Waals surface area (Å²) >= 11 is 0. The topological polar surface area (TPSA) is 74.2 Å². The molecular weight excluding hydrogens is 378 g/mol. The van der Waals surface area contributed by atoms with Crippen molar-refractivity contribution in [1.82, 2.24) is 5.43 Å². The van der Waals surface area contributed by atoms with Crippen LogP contribution in [-0.4, -0.2) is 36.4 Å². The fourth-order valence-electron chi connectivity index (χ4n) is 3.92. The van der Waals surface area contributed by atoms with Crippen molar-refractivity contribution in [2.24, 2.45) is 5.10 Å². The molecule has 0 bridgehead atoms. The van der Waals surface area contributed by atoms with Crippen LogP contribution in [0.25, 0.3) is 5.57 Å². The quantitative estimate of drug-likeness (QED) is 0.543. The third-order valence-electron chi connectivity index (χ3n) is 5.29. The van der Waals surface area contributed by atoms with Gasteiger partial charge < -0.3 is 14.7 Å². The van der Waals surface area contributed by atoms with Crippen LogP contribution >= 0.6 is 0 Å². The Hall–Kier alpha value is -3.28. The number of hydrazone groups is 1. The van der Waals surface area contributed by atoms with E-state index >= 15 is 0 Å². The number of hydrogen-bond acceptors (Lipinski definition) is 5. The Morgan fingerprint density at radius 1 is 1.30 bits per heavy atom. The number of nitrogens with one attached hydrogen (secondary N) is 1. The van der Waals surface area contributed by atoms with Gasteiger partial charge in [0.1, 0.15) is 11.5 Å². The molecule has 3 rings (SSSR count). The van der Waals surface area contributed by atoms with Crippen LogP contribution in [0.5, 0.6) is 11.5 Å². The molecule has 6 heteroatoms. The lowest BCUT2D eigenvalue weighted by atomic mass is 9.87. The van der Waals surface area contributed by atoms with Crippen molar-refractivity contribution >= 4 is 23.4 Å². The Morgan fingerprint density at radius 2 is 2.03 bits per heavy atom. The summed E-state index contributed by atoms with van der Waals surface area (Å²) in [5.41, 5.74) is 6.76. The predicted octanol–water partition coefficient (Wildman–Crippen LogP) is 4.58. The highest BCUT2D eigenvalue weighted by Gasteiger charge is 2.31. The fourth-order valence-corrected chi connectivity index (χ4v) is 3.92. The number of rotatable bonds is 6. The number of phenolic OH excluding ortho intramolecular Hbond substituents is 1. The van der Waals surface area contributed by atoms with E-state index in [2.05, 4.69) is 49.2 Å². The molecule has 0 aliphatic carbocycles. The van der Waals surface area contributed by atoms with Gasteiger partial charge in [0.15, 0.2) is 0 Å². The second kappa shape index (κ2) is 8.61. The number of hydrogen-bond donors (Lipinski definition) is 2. The molecule has 30 heavy (non-hydrogen) atoms. The normalized spacial score (nSPS) is 15.0. The molecule has 2 N–H and O–H groups in total. The number of ether oxygens (including phenoxy) is 1. The number of phenols is 1. The van der Waals surface area contributed by atoms with Gasteiger partial charge in [0.2, 0.25) is 0 Å². The second-order valence-electron chi connectivity index (χ2n) is 7.96. The molecule has 0 spiro atoms. The molecule has 0 atom stereocenters. The smallest absolute Gasteiger partial charge is 0.275 e. The summed E-state index contributed by atoms with van der Waals surface area (Å²) in [4.78, 5) is 14.6. The number of amides is 1. The van der Waals surface area contributed by atoms with Crippen molar-refractivity contribution in [3.63, 3.8) is 0 Å². The Bertz CT molecular complexity index is 1010. The molecule has 2 aromatic carbocycles. The summed E-state index contributed by atoms with van der Waals surface area (Å²) in [6.07, 6.45) is 4.88. The number of aromatic hydroxyl groups is 1. The lowest BCUT2D eigenvalue weighted by Gasteiger charge is -2.43. The summed E-state index contributed by atoms with van der Waals surface area (Å²) in [5.74, 6) is 0.116. The van der Waals surface area contributed by atoms with Crippen LogP contribution in [0, 0.1) is 0 Å². The molecule has 2 aromatic rings. The molecule has 0 radical (unpaired) electrons. The number of anilines is 1. The minimum Gasteiger partial charge on any atom is -0.507 e. The van der Waals surface area contributed by atoms with Crippen molar-refractivity contribution in [1.29, 1.82) is 0 Å². The zero-order chi connectivity index (χ0) is 21.9. The first kappa shape index (κ1) is 21.4. The highest BCUT2D eigenvalue weighted by molar-refractivity contribution is 5.97. The number of carbonyl (C=O) groups is 1. The summed E-state index contributed by atoms with van der Waals surface area (Å²) in [6, 6.07) is 10.4. The number of methoxy groups -OCH3 is 1. The van der Waals surface area contributed by atoms with Crippen LogP contribution in [0.2, 0.25) is 0 Å². The van der Waals surface area contributed by atoms with Gasteiger partial charge in [0.05, 0.1) is 24.4 Å². The van der Waals surface area contributed by atoms with E-state index in [-0.39, 0.29) is 16.9 Å². The molecule has 6 nitrogen and oxygen atoms in total. The predicted molar refractivity (Wildman–Crippen MR) is 122 cm³/mol. The molecule has 0 fully saturated rings. The number of allylic oxidation sites excluding steroid dienone is 1. The van der Waals surface area contributed by atoms with Crippen LogP contribution in [0.4, 0.5) is 5.69 Å². The standard InChI is InChI=1S/C24H29N3O3/c1-6-11-27-20-13-22(30-5)17(12-19(20)16(2)14-24(27,3)4)15-25-26-23(29)18-9-7-8-10-21(18)28/h7-10,12-15,28H,6,11H2,1-5H3,(H,26,29)/b25-15+. The van der Waals surface area contributed by atoms with Crippen molar-refractivity contribution in [3.05, 3.63) is 59.2 Å². The van der Waals surface area contributed by atoms with E-state index in [1.54, 1.807) is 25.5 Å².